The summed E-state index contributed by atoms with van der Waals surface area (Å²) in [5.74, 6) is 0.721. The van der Waals surface area contributed by atoms with Crippen molar-refractivity contribution in [3.05, 3.63) is 58.6 Å². The Balaban J connectivity index is 1.68. The number of methoxy groups -OCH3 is 1. The van der Waals surface area contributed by atoms with Gasteiger partial charge < -0.3 is 15.4 Å². The Morgan fingerprint density at radius 2 is 2.00 bits per heavy atom. The van der Waals surface area contributed by atoms with E-state index in [1.54, 1.807) is 26.3 Å². The summed E-state index contributed by atoms with van der Waals surface area (Å²) in [5.41, 5.74) is 2.47. The molecule has 0 unspecified atom stereocenters. The van der Waals surface area contributed by atoms with E-state index in [4.69, 9.17) is 16.3 Å². The highest BCUT2D eigenvalue weighted by Crippen LogP contribution is 2.31. The normalized spacial score (nSPS) is 19.7. The molecule has 1 heterocycles. The largest absolute Gasteiger partial charge is 0.496 e. The van der Waals surface area contributed by atoms with Crippen molar-refractivity contribution in [3.8, 4) is 5.75 Å². The van der Waals surface area contributed by atoms with Crippen molar-refractivity contribution in [2.24, 2.45) is 5.92 Å². The molecule has 1 amide bonds. The first-order valence-corrected chi connectivity index (χ1v) is 9.52. The first kappa shape index (κ1) is 19.5. The molecule has 2 N–H and O–H groups in total. The van der Waals surface area contributed by atoms with Gasteiger partial charge >= 0.3 is 0 Å². The highest BCUT2D eigenvalue weighted by molar-refractivity contribution is 6.33. The van der Waals surface area contributed by atoms with Crippen LogP contribution in [0, 0.1) is 5.92 Å². The summed E-state index contributed by atoms with van der Waals surface area (Å²) in [6.07, 6.45) is 0. The molecule has 6 heteroatoms. The number of likely N-dealkylation sites (tertiary alicyclic amines) is 1. The van der Waals surface area contributed by atoms with Crippen LogP contribution in [-0.2, 0) is 6.54 Å². The second-order valence-corrected chi connectivity index (χ2v) is 7.43. The van der Waals surface area contributed by atoms with E-state index >= 15 is 0 Å². The maximum Gasteiger partial charge on any atom is 0.255 e. The topological polar surface area (TPSA) is 53.6 Å². The Morgan fingerprint density at radius 1 is 1.26 bits per heavy atom. The Kier molecular flexibility index (Phi) is 6.24. The number of benzene rings is 2. The predicted octanol–water partition coefficient (Wildman–Crippen LogP) is 3.64. The van der Waals surface area contributed by atoms with Crippen LogP contribution in [0.1, 0.15) is 22.8 Å². The maximum atomic E-state index is 12.9. The molecule has 144 valence electrons. The number of rotatable bonds is 6. The Labute approximate surface area is 165 Å². The molecule has 1 fully saturated rings. The lowest BCUT2D eigenvalue weighted by Gasteiger charge is -2.19. The van der Waals surface area contributed by atoms with Crippen molar-refractivity contribution in [2.45, 2.75) is 19.5 Å². The average molecular weight is 388 g/mol. The fourth-order valence-corrected chi connectivity index (χ4v) is 3.82. The van der Waals surface area contributed by atoms with Gasteiger partial charge in [-0.25, -0.2) is 0 Å². The van der Waals surface area contributed by atoms with E-state index in [1.165, 1.54) is 5.56 Å². The minimum atomic E-state index is -0.158. The molecule has 0 radical (unpaired) electrons. The van der Waals surface area contributed by atoms with E-state index in [9.17, 15) is 4.79 Å². The van der Waals surface area contributed by atoms with Crippen molar-refractivity contribution in [3.63, 3.8) is 0 Å². The molecular formula is C21H26ClN3O2. The van der Waals surface area contributed by atoms with Crippen molar-refractivity contribution < 1.29 is 9.53 Å². The number of nitrogens with one attached hydrogen (secondary N) is 2. The second-order valence-electron chi connectivity index (χ2n) is 7.02. The summed E-state index contributed by atoms with van der Waals surface area (Å²) in [5, 5.41) is 6.65. The molecule has 0 bridgehead atoms. The van der Waals surface area contributed by atoms with Gasteiger partial charge in [0.05, 0.1) is 23.4 Å². The standard InChI is InChI=1S/C21H26ClN3O2/c1-14-11-25(12-15-7-5-4-6-8-15)13-19(14)24-21(26)16-9-17(22)18(23-2)10-20(16)27-3/h4-10,14,19,23H,11-13H2,1-3H3,(H,24,26)/t14-,19+/m0/s1. The molecule has 2 atom stereocenters. The zero-order valence-corrected chi connectivity index (χ0v) is 16.7. The summed E-state index contributed by atoms with van der Waals surface area (Å²) in [6, 6.07) is 13.9. The van der Waals surface area contributed by atoms with E-state index in [1.807, 2.05) is 6.07 Å². The summed E-state index contributed by atoms with van der Waals surface area (Å²) >= 11 is 6.26. The fraction of sp³-hybridized carbons (Fsp3) is 0.381. The molecule has 0 aromatic heterocycles. The molecule has 1 aliphatic rings. The number of anilines is 1. The van der Waals surface area contributed by atoms with Crippen LogP contribution in [0.2, 0.25) is 5.02 Å². The first-order valence-electron chi connectivity index (χ1n) is 9.14. The van der Waals surface area contributed by atoms with Gasteiger partial charge in [0, 0.05) is 38.8 Å². The Morgan fingerprint density at radius 3 is 2.67 bits per heavy atom. The van der Waals surface area contributed by atoms with Gasteiger partial charge in [-0.3, -0.25) is 9.69 Å². The van der Waals surface area contributed by atoms with Crippen LogP contribution in [0.4, 0.5) is 5.69 Å². The highest BCUT2D eigenvalue weighted by Gasteiger charge is 2.31. The Hall–Kier alpha value is -2.24. The minimum Gasteiger partial charge on any atom is -0.496 e. The maximum absolute atomic E-state index is 12.9. The molecule has 1 aliphatic heterocycles. The molecule has 2 aromatic carbocycles. The van der Waals surface area contributed by atoms with Gasteiger partial charge in [0.25, 0.3) is 5.91 Å². The zero-order chi connectivity index (χ0) is 19.4. The van der Waals surface area contributed by atoms with Gasteiger partial charge in [0.15, 0.2) is 0 Å². The third-order valence-electron chi connectivity index (χ3n) is 5.06. The van der Waals surface area contributed by atoms with Gasteiger partial charge in [-0.05, 0) is 17.5 Å². The van der Waals surface area contributed by atoms with Gasteiger partial charge in [-0.1, -0.05) is 48.9 Å². The lowest BCUT2D eigenvalue weighted by molar-refractivity contribution is 0.0928. The van der Waals surface area contributed by atoms with Crippen LogP contribution < -0.4 is 15.4 Å². The van der Waals surface area contributed by atoms with E-state index in [0.29, 0.717) is 22.3 Å². The molecule has 27 heavy (non-hydrogen) atoms. The third-order valence-corrected chi connectivity index (χ3v) is 5.37. The third kappa shape index (κ3) is 4.54. The second kappa shape index (κ2) is 8.63. The van der Waals surface area contributed by atoms with E-state index < -0.39 is 0 Å². The molecule has 0 spiro atoms. The zero-order valence-electron chi connectivity index (χ0n) is 16.0. The van der Waals surface area contributed by atoms with E-state index in [-0.39, 0.29) is 11.9 Å². The van der Waals surface area contributed by atoms with Crippen molar-refractivity contribution >= 4 is 23.2 Å². The molecule has 1 saturated heterocycles. The number of carbonyl (C=O) groups excluding carboxylic acids is 1. The number of halogens is 1. The summed E-state index contributed by atoms with van der Waals surface area (Å²) in [6.45, 7) is 4.84. The molecule has 3 rings (SSSR count). The number of hydrogen-bond donors (Lipinski definition) is 2. The van der Waals surface area contributed by atoms with Crippen molar-refractivity contribution in [2.75, 3.05) is 32.6 Å². The minimum absolute atomic E-state index is 0.0914. The molecule has 5 nitrogen and oxygen atoms in total. The van der Waals surface area contributed by atoms with Gasteiger partial charge in [0.2, 0.25) is 0 Å². The summed E-state index contributed by atoms with van der Waals surface area (Å²) < 4.78 is 5.39. The van der Waals surface area contributed by atoms with Crippen LogP contribution in [0.15, 0.2) is 42.5 Å². The van der Waals surface area contributed by atoms with Gasteiger partial charge in [-0.15, -0.1) is 0 Å². The van der Waals surface area contributed by atoms with Crippen LogP contribution in [0.25, 0.3) is 0 Å². The van der Waals surface area contributed by atoms with E-state index in [2.05, 4.69) is 46.7 Å². The van der Waals surface area contributed by atoms with Crippen LogP contribution in [0.5, 0.6) is 5.75 Å². The predicted molar refractivity (Wildman–Crippen MR) is 110 cm³/mol. The van der Waals surface area contributed by atoms with Gasteiger partial charge in [0.1, 0.15) is 5.75 Å². The summed E-state index contributed by atoms with van der Waals surface area (Å²) in [4.78, 5) is 15.2. The number of carbonyl (C=O) groups is 1. The molecular weight excluding hydrogens is 362 g/mol. The number of ether oxygens (including phenoxy) is 1. The average Bonchev–Trinajstić information content (AvgIpc) is 3.01. The quantitative estimate of drug-likeness (QED) is 0.794. The SMILES string of the molecule is CNc1cc(OC)c(C(=O)N[C@@H]2CN(Cc3ccccc3)C[C@@H]2C)cc1Cl. The van der Waals surface area contributed by atoms with Crippen molar-refractivity contribution in [1.82, 2.24) is 10.2 Å². The Bertz CT molecular complexity index is 798. The first-order chi connectivity index (χ1) is 13.0. The molecule has 2 aromatic rings. The number of amides is 1. The van der Waals surface area contributed by atoms with Crippen LogP contribution in [0.3, 0.4) is 0 Å². The monoisotopic (exact) mass is 387 g/mol. The number of hydrogen-bond acceptors (Lipinski definition) is 4. The van der Waals surface area contributed by atoms with E-state index in [0.717, 1.165) is 25.3 Å². The lowest BCUT2D eigenvalue weighted by Crippen LogP contribution is -2.40. The molecule has 0 saturated carbocycles. The smallest absolute Gasteiger partial charge is 0.255 e. The lowest BCUT2D eigenvalue weighted by atomic mass is 10.1. The van der Waals surface area contributed by atoms with Crippen molar-refractivity contribution in [1.29, 1.82) is 0 Å². The summed E-state index contributed by atoms with van der Waals surface area (Å²) in [7, 11) is 3.33. The molecule has 0 aliphatic carbocycles. The highest BCUT2D eigenvalue weighted by atomic mass is 35.5. The number of nitrogens with zero attached hydrogens (tertiary/aromatic N) is 1. The van der Waals surface area contributed by atoms with Crippen LogP contribution >= 0.6 is 11.6 Å². The fourth-order valence-electron chi connectivity index (χ4n) is 3.56. The van der Waals surface area contributed by atoms with Crippen LogP contribution in [-0.4, -0.2) is 44.1 Å². The van der Waals surface area contributed by atoms with Gasteiger partial charge in [-0.2, -0.15) is 0 Å².